The number of fused-ring (bicyclic) bond motifs is 1. The Balaban J connectivity index is 1.47. The molecular formula is C18H21N3O3S. The van der Waals surface area contributed by atoms with E-state index in [0.717, 1.165) is 11.0 Å². The molecule has 0 radical (unpaired) electrons. The van der Waals surface area contributed by atoms with Crippen molar-refractivity contribution < 1.29 is 14.3 Å². The van der Waals surface area contributed by atoms with Gasteiger partial charge in [0.2, 0.25) is 0 Å². The average molecular weight is 359 g/mol. The molecule has 0 unspecified atom stereocenters. The zero-order chi connectivity index (χ0) is 17.4. The van der Waals surface area contributed by atoms with Gasteiger partial charge in [0, 0.05) is 17.5 Å². The van der Waals surface area contributed by atoms with Gasteiger partial charge in [-0.3, -0.25) is 4.79 Å². The third kappa shape index (κ3) is 3.38. The summed E-state index contributed by atoms with van der Waals surface area (Å²) >= 11 is 1.46. The molecule has 0 N–H and O–H groups in total. The van der Waals surface area contributed by atoms with Gasteiger partial charge >= 0.3 is 0 Å². The molecule has 1 aliphatic carbocycles. The maximum absolute atomic E-state index is 12.6. The number of Topliss-reactive ketones (excluding diaryl/α,β-unsaturated/α-hetero) is 1. The van der Waals surface area contributed by atoms with Crippen molar-refractivity contribution in [2.24, 2.45) is 0 Å². The van der Waals surface area contributed by atoms with E-state index in [1.54, 1.807) is 18.2 Å². The quantitative estimate of drug-likeness (QED) is 0.581. The Morgan fingerprint density at radius 3 is 2.72 bits per heavy atom. The van der Waals surface area contributed by atoms with Gasteiger partial charge in [-0.25, -0.2) is 0 Å². The predicted molar refractivity (Wildman–Crippen MR) is 94.9 cm³/mol. The lowest BCUT2D eigenvalue weighted by molar-refractivity contribution is 0.102. The van der Waals surface area contributed by atoms with Crippen LogP contribution in [-0.2, 0) is 0 Å². The number of carbonyl (C=O) groups is 1. The van der Waals surface area contributed by atoms with E-state index in [9.17, 15) is 4.79 Å². The number of rotatable bonds is 6. The molecule has 2 aliphatic rings. The first-order chi connectivity index (χ1) is 12.1. The van der Waals surface area contributed by atoms with Crippen molar-refractivity contribution in [2.45, 2.75) is 43.8 Å². The van der Waals surface area contributed by atoms with Crippen molar-refractivity contribution in [3.8, 4) is 11.5 Å². The van der Waals surface area contributed by atoms with Gasteiger partial charge in [-0.15, -0.1) is 10.2 Å². The van der Waals surface area contributed by atoms with Crippen LogP contribution in [0.25, 0.3) is 0 Å². The molecule has 0 spiro atoms. The third-order valence-corrected chi connectivity index (χ3v) is 5.26. The molecule has 6 nitrogen and oxygen atoms in total. The minimum absolute atomic E-state index is 0.0541. The zero-order valence-corrected chi connectivity index (χ0v) is 15.2. The van der Waals surface area contributed by atoms with Crippen molar-refractivity contribution in [2.75, 3.05) is 19.0 Å². The van der Waals surface area contributed by atoms with Crippen LogP contribution in [0.15, 0.2) is 23.4 Å². The fraction of sp³-hybridized carbons (Fsp3) is 0.500. The third-order valence-electron chi connectivity index (χ3n) is 4.32. The van der Waals surface area contributed by atoms with Gasteiger partial charge in [0.05, 0.1) is 5.75 Å². The average Bonchev–Trinajstić information content (AvgIpc) is 3.38. The van der Waals surface area contributed by atoms with Crippen LogP contribution in [-0.4, -0.2) is 39.5 Å². The summed E-state index contributed by atoms with van der Waals surface area (Å²) in [6.07, 6.45) is 2.34. The highest BCUT2D eigenvalue weighted by Gasteiger charge is 2.30. The van der Waals surface area contributed by atoms with Crippen molar-refractivity contribution in [3.63, 3.8) is 0 Å². The minimum atomic E-state index is 0.0541. The van der Waals surface area contributed by atoms with E-state index in [2.05, 4.69) is 28.6 Å². The van der Waals surface area contributed by atoms with Crippen LogP contribution in [0.3, 0.4) is 0 Å². The summed E-state index contributed by atoms with van der Waals surface area (Å²) in [6.45, 7) is 5.31. The maximum atomic E-state index is 12.6. The van der Waals surface area contributed by atoms with Gasteiger partial charge < -0.3 is 14.0 Å². The highest BCUT2D eigenvalue weighted by atomic mass is 32.2. The second kappa shape index (κ2) is 6.71. The summed E-state index contributed by atoms with van der Waals surface area (Å²) in [5.41, 5.74) is 0.637. The monoisotopic (exact) mass is 359 g/mol. The molecule has 1 fully saturated rings. The van der Waals surface area contributed by atoms with Gasteiger partial charge in [-0.2, -0.15) is 0 Å². The second-order valence-corrected chi connectivity index (χ2v) is 7.61. The largest absolute Gasteiger partial charge is 0.486 e. The molecule has 132 valence electrons. The van der Waals surface area contributed by atoms with Crippen LogP contribution in [0, 0.1) is 0 Å². The van der Waals surface area contributed by atoms with Gasteiger partial charge in [0.15, 0.2) is 22.4 Å². The highest BCUT2D eigenvalue weighted by Crippen LogP contribution is 2.40. The minimum Gasteiger partial charge on any atom is -0.486 e. The number of carbonyl (C=O) groups excluding carboxylic acids is 1. The summed E-state index contributed by atoms with van der Waals surface area (Å²) < 4.78 is 13.3. The van der Waals surface area contributed by atoms with Gasteiger partial charge in [-0.05, 0) is 31.0 Å². The predicted octanol–water partition coefficient (Wildman–Crippen LogP) is 3.48. The molecule has 2 heterocycles. The van der Waals surface area contributed by atoms with E-state index in [-0.39, 0.29) is 5.78 Å². The second-order valence-electron chi connectivity index (χ2n) is 6.67. The van der Waals surface area contributed by atoms with Gasteiger partial charge in [-0.1, -0.05) is 25.6 Å². The molecule has 1 aliphatic heterocycles. The van der Waals surface area contributed by atoms with E-state index in [4.69, 9.17) is 9.47 Å². The molecule has 1 aromatic carbocycles. The van der Waals surface area contributed by atoms with Gasteiger partial charge in [0.25, 0.3) is 0 Å². The number of benzene rings is 1. The number of hydrogen-bond acceptors (Lipinski definition) is 6. The first kappa shape index (κ1) is 16.4. The Labute approximate surface area is 150 Å². The normalized spacial score (nSPS) is 16.3. The number of ether oxygens (including phenoxy) is 2. The number of hydrogen-bond donors (Lipinski definition) is 0. The lowest BCUT2D eigenvalue weighted by Gasteiger charge is -2.18. The van der Waals surface area contributed by atoms with E-state index in [1.165, 1.54) is 24.6 Å². The summed E-state index contributed by atoms with van der Waals surface area (Å²) in [5, 5.41) is 9.49. The van der Waals surface area contributed by atoms with Gasteiger partial charge in [0.1, 0.15) is 19.0 Å². The molecule has 2 aromatic rings. The lowest BCUT2D eigenvalue weighted by Crippen LogP contribution is -2.16. The zero-order valence-electron chi connectivity index (χ0n) is 14.4. The number of thioether (sulfide) groups is 1. The summed E-state index contributed by atoms with van der Waals surface area (Å²) in [7, 11) is 0. The molecule has 7 heteroatoms. The topological polar surface area (TPSA) is 66.2 Å². The Morgan fingerprint density at radius 2 is 2.00 bits per heavy atom. The van der Waals surface area contributed by atoms with E-state index in [1.807, 2.05) is 0 Å². The number of ketones is 1. The molecule has 4 rings (SSSR count). The van der Waals surface area contributed by atoms with Crippen LogP contribution in [0.4, 0.5) is 0 Å². The van der Waals surface area contributed by atoms with Crippen molar-refractivity contribution in [1.29, 1.82) is 0 Å². The molecule has 25 heavy (non-hydrogen) atoms. The standard InChI is InChI=1S/C18H21N3O3S/c1-11(2)17-19-20-18(21(17)13-4-5-13)25-10-14(22)12-3-6-15-16(9-12)24-8-7-23-15/h3,6,9,11,13H,4-5,7-8,10H2,1-2H3. The first-order valence-corrected chi connectivity index (χ1v) is 9.62. The summed E-state index contributed by atoms with van der Waals surface area (Å²) in [5.74, 6) is 3.07. The molecule has 0 bridgehead atoms. The van der Waals surface area contributed by atoms with E-state index >= 15 is 0 Å². The fourth-order valence-corrected chi connectivity index (χ4v) is 3.79. The molecule has 0 amide bonds. The van der Waals surface area contributed by atoms with E-state index in [0.29, 0.717) is 48.0 Å². The molecule has 0 saturated heterocycles. The fourth-order valence-electron chi connectivity index (χ4n) is 2.89. The highest BCUT2D eigenvalue weighted by molar-refractivity contribution is 7.99. The van der Waals surface area contributed by atoms with Crippen molar-refractivity contribution >= 4 is 17.5 Å². The van der Waals surface area contributed by atoms with Crippen molar-refractivity contribution in [1.82, 2.24) is 14.8 Å². The van der Waals surface area contributed by atoms with Crippen LogP contribution >= 0.6 is 11.8 Å². The number of aromatic nitrogens is 3. The molecule has 1 aromatic heterocycles. The Morgan fingerprint density at radius 1 is 1.24 bits per heavy atom. The Bertz CT molecular complexity index is 799. The van der Waals surface area contributed by atoms with Crippen LogP contribution in [0.5, 0.6) is 11.5 Å². The Kier molecular flexibility index (Phi) is 4.41. The van der Waals surface area contributed by atoms with Crippen molar-refractivity contribution in [3.05, 3.63) is 29.6 Å². The lowest BCUT2D eigenvalue weighted by atomic mass is 10.1. The molecule has 1 saturated carbocycles. The Hall–Kier alpha value is -2.02. The SMILES string of the molecule is CC(C)c1nnc(SCC(=O)c2ccc3c(c2)OCCO3)n1C1CC1. The van der Waals surface area contributed by atoms with E-state index < -0.39 is 0 Å². The summed E-state index contributed by atoms with van der Waals surface area (Å²) in [6, 6.07) is 5.86. The first-order valence-electron chi connectivity index (χ1n) is 8.64. The molecule has 0 atom stereocenters. The van der Waals surface area contributed by atoms with Crippen LogP contribution in [0.2, 0.25) is 0 Å². The smallest absolute Gasteiger partial charge is 0.191 e. The molecular weight excluding hydrogens is 338 g/mol. The summed E-state index contributed by atoms with van der Waals surface area (Å²) in [4.78, 5) is 12.6. The van der Waals surface area contributed by atoms with Crippen LogP contribution in [0.1, 0.15) is 54.8 Å². The maximum Gasteiger partial charge on any atom is 0.191 e. The number of nitrogens with zero attached hydrogens (tertiary/aromatic N) is 3. The van der Waals surface area contributed by atoms with Crippen LogP contribution < -0.4 is 9.47 Å².